The fourth-order valence-electron chi connectivity index (χ4n) is 2.91. The molecule has 0 bridgehead atoms. The van der Waals surface area contributed by atoms with Crippen molar-refractivity contribution < 1.29 is 23.5 Å². The first-order valence-corrected chi connectivity index (χ1v) is 6.85. The zero-order chi connectivity index (χ0) is 15.6. The summed E-state index contributed by atoms with van der Waals surface area (Å²) in [6.07, 6.45) is 2.03. The molecule has 114 valence electrons. The first-order valence-electron chi connectivity index (χ1n) is 6.85. The predicted molar refractivity (Wildman–Crippen MR) is 71.8 cm³/mol. The van der Waals surface area contributed by atoms with Crippen LogP contribution in [0, 0.1) is 17.6 Å². The molecule has 0 radical (unpaired) electrons. The Hall–Kier alpha value is -1.98. The molecule has 0 aliphatic heterocycles. The Balaban J connectivity index is 2.29. The van der Waals surface area contributed by atoms with Crippen molar-refractivity contribution in [1.82, 2.24) is 5.32 Å². The summed E-state index contributed by atoms with van der Waals surface area (Å²) in [6.45, 7) is 1.90. The minimum absolute atomic E-state index is 0.126. The van der Waals surface area contributed by atoms with E-state index < -0.39 is 34.6 Å². The maximum Gasteiger partial charge on any atom is 0.329 e. The molecular formula is C15H17F2NO3. The third-order valence-electron chi connectivity index (χ3n) is 3.95. The normalized spacial score (nSPS) is 25.4. The van der Waals surface area contributed by atoms with Gasteiger partial charge in [0.15, 0.2) is 0 Å². The average molecular weight is 297 g/mol. The van der Waals surface area contributed by atoms with E-state index in [0.29, 0.717) is 6.42 Å². The number of halogens is 2. The second-order valence-corrected chi connectivity index (χ2v) is 5.64. The monoisotopic (exact) mass is 297 g/mol. The Bertz CT molecular complexity index is 556. The van der Waals surface area contributed by atoms with Crippen molar-refractivity contribution in [2.45, 2.75) is 38.1 Å². The minimum Gasteiger partial charge on any atom is -0.480 e. The summed E-state index contributed by atoms with van der Waals surface area (Å²) in [5.41, 5.74) is -2.19. The fraction of sp³-hybridized carbons (Fsp3) is 0.467. The smallest absolute Gasteiger partial charge is 0.329 e. The summed E-state index contributed by atoms with van der Waals surface area (Å²) < 4.78 is 27.2. The quantitative estimate of drug-likeness (QED) is 0.901. The van der Waals surface area contributed by atoms with Crippen molar-refractivity contribution in [3.8, 4) is 0 Å². The Morgan fingerprint density at radius 2 is 1.95 bits per heavy atom. The van der Waals surface area contributed by atoms with Gasteiger partial charge in [-0.3, -0.25) is 4.79 Å². The van der Waals surface area contributed by atoms with Crippen molar-refractivity contribution in [2.24, 2.45) is 5.92 Å². The molecule has 1 aliphatic rings. The van der Waals surface area contributed by atoms with Gasteiger partial charge >= 0.3 is 5.97 Å². The van der Waals surface area contributed by atoms with E-state index >= 15 is 0 Å². The Kier molecular flexibility index (Phi) is 4.25. The molecule has 0 saturated heterocycles. The van der Waals surface area contributed by atoms with Crippen LogP contribution in [0.3, 0.4) is 0 Å². The summed E-state index contributed by atoms with van der Waals surface area (Å²) in [5.74, 6) is -4.07. The standard InChI is InChI=1S/C15H17F2NO3/c1-9-4-3-7-15(8-9,14(20)21)18-13(19)12-10(16)5-2-6-11(12)17/h2,5-6,9H,3-4,7-8H2,1H3,(H,18,19)(H,20,21). The van der Waals surface area contributed by atoms with Crippen LogP contribution in [0.2, 0.25) is 0 Å². The highest BCUT2D eigenvalue weighted by Gasteiger charge is 2.43. The number of benzene rings is 1. The SMILES string of the molecule is CC1CCCC(NC(=O)c2c(F)cccc2F)(C(=O)O)C1. The highest BCUT2D eigenvalue weighted by atomic mass is 19.1. The van der Waals surface area contributed by atoms with Gasteiger partial charge in [0, 0.05) is 0 Å². The van der Waals surface area contributed by atoms with Gasteiger partial charge in [-0.1, -0.05) is 25.8 Å². The Morgan fingerprint density at radius 1 is 1.33 bits per heavy atom. The van der Waals surface area contributed by atoms with Crippen LogP contribution in [-0.2, 0) is 4.79 Å². The van der Waals surface area contributed by atoms with Gasteiger partial charge < -0.3 is 10.4 Å². The molecule has 1 fully saturated rings. The zero-order valence-corrected chi connectivity index (χ0v) is 11.7. The van der Waals surface area contributed by atoms with Gasteiger partial charge in [0.25, 0.3) is 5.91 Å². The van der Waals surface area contributed by atoms with Crippen LogP contribution in [0.1, 0.15) is 43.0 Å². The van der Waals surface area contributed by atoms with Crippen molar-refractivity contribution in [1.29, 1.82) is 0 Å². The first kappa shape index (κ1) is 15.4. The van der Waals surface area contributed by atoms with E-state index in [-0.39, 0.29) is 18.8 Å². The van der Waals surface area contributed by atoms with Crippen molar-refractivity contribution >= 4 is 11.9 Å². The highest BCUT2D eigenvalue weighted by Crippen LogP contribution is 2.33. The summed E-state index contributed by atoms with van der Waals surface area (Å²) >= 11 is 0. The van der Waals surface area contributed by atoms with Crippen LogP contribution in [0.25, 0.3) is 0 Å². The van der Waals surface area contributed by atoms with Crippen LogP contribution in [0.5, 0.6) is 0 Å². The number of hydrogen-bond donors (Lipinski definition) is 2. The number of carboxylic acids is 1. The van der Waals surface area contributed by atoms with Gasteiger partial charge in [-0.15, -0.1) is 0 Å². The number of carboxylic acid groups (broad SMARTS) is 1. The lowest BCUT2D eigenvalue weighted by Gasteiger charge is -2.37. The molecule has 6 heteroatoms. The molecule has 0 heterocycles. The van der Waals surface area contributed by atoms with Gasteiger partial charge in [0.1, 0.15) is 22.7 Å². The number of amides is 1. The molecule has 1 saturated carbocycles. The van der Waals surface area contributed by atoms with E-state index in [4.69, 9.17) is 0 Å². The summed E-state index contributed by atoms with van der Waals surface area (Å²) in [5, 5.41) is 11.8. The average Bonchev–Trinajstić information content (AvgIpc) is 2.38. The van der Waals surface area contributed by atoms with Crippen LogP contribution >= 0.6 is 0 Å². The summed E-state index contributed by atoms with van der Waals surface area (Å²) in [7, 11) is 0. The number of nitrogens with one attached hydrogen (secondary N) is 1. The van der Waals surface area contributed by atoms with E-state index in [1.54, 1.807) is 0 Å². The Morgan fingerprint density at radius 3 is 2.48 bits per heavy atom. The van der Waals surface area contributed by atoms with Crippen LogP contribution in [-0.4, -0.2) is 22.5 Å². The third kappa shape index (κ3) is 3.04. The zero-order valence-electron chi connectivity index (χ0n) is 11.7. The summed E-state index contributed by atoms with van der Waals surface area (Å²) in [6, 6.07) is 3.08. The highest BCUT2D eigenvalue weighted by molar-refractivity contribution is 5.98. The molecule has 1 aliphatic carbocycles. The molecule has 1 amide bonds. The van der Waals surface area contributed by atoms with E-state index in [1.807, 2.05) is 6.92 Å². The number of carbonyl (C=O) groups is 2. The van der Waals surface area contributed by atoms with Gasteiger partial charge in [-0.25, -0.2) is 13.6 Å². The van der Waals surface area contributed by atoms with Gasteiger partial charge in [-0.05, 0) is 30.9 Å². The van der Waals surface area contributed by atoms with E-state index in [0.717, 1.165) is 24.6 Å². The summed E-state index contributed by atoms with van der Waals surface area (Å²) in [4.78, 5) is 23.7. The number of hydrogen-bond acceptors (Lipinski definition) is 2. The van der Waals surface area contributed by atoms with Crippen molar-refractivity contribution in [3.05, 3.63) is 35.4 Å². The second-order valence-electron chi connectivity index (χ2n) is 5.64. The molecular weight excluding hydrogens is 280 g/mol. The van der Waals surface area contributed by atoms with Crippen LogP contribution in [0.15, 0.2) is 18.2 Å². The fourth-order valence-corrected chi connectivity index (χ4v) is 2.91. The molecule has 21 heavy (non-hydrogen) atoms. The first-order chi connectivity index (χ1) is 9.85. The largest absolute Gasteiger partial charge is 0.480 e. The van der Waals surface area contributed by atoms with Crippen molar-refractivity contribution in [3.63, 3.8) is 0 Å². The molecule has 1 aromatic rings. The van der Waals surface area contributed by atoms with Crippen molar-refractivity contribution in [2.75, 3.05) is 0 Å². The molecule has 2 atom stereocenters. The lowest BCUT2D eigenvalue weighted by Crippen LogP contribution is -2.57. The molecule has 1 aromatic carbocycles. The minimum atomic E-state index is -1.45. The molecule has 2 N–H and O–H groups in total. The molecule has 0 aromatic heterocycles. The molecule has 2 unspecified atom stereocenters. The Labute approximate surface area is 121 Å². The number of aliphatic carboxylic acids is 1. The van der Waals surface area contributed by atoms with Crippen LogP contribution < -0.4 is 5.32 Å². The maximum atomic E-state index is 13.6. The topological polar surface area (TPSA) is 66.4 Å². The van der Waals surface area contributed by atoms with Gasteiger partial charge in [0.2, 0.25) is 0 Å². The maximum absolute atomic E-state index is 13.6. The molecule has 4 nitrogen and oxygen atoms in total. The van der Waals surface area contributed by atoms with E-state index in [9.17, 15) is 23.5 Å². The van der Waals surface area contributed by atoms with E-state index in [2.05, 4.69) is 5.32 Å². The molecule has 0 spiro atoms. The third-order valence-corrected chi connectivity index (χ3v) is 3.95. The van der Waals surface area contributed by atoms with Gasteiger partial charge in [-0.2, -0.15) is 0 Å². The number of rotatable bonds is 3. The predicted octanol–water partition coefficient (Wildman–Crippen LogP) is 2.73. The lowest BCUT2D eigenvalue weighted by molar-refractivity contribution is -0.146. The van der Waals surface area contributed by atoms with E-state index in [1.165, 1.54) is 0 Å². The van der Waals surface area contributed by atoms with Gasteiger partial charge in [0.05, 0.1) is 0 Å². The number of carbonyl (C=O) groups excluding carboxylic acids is 1. The van der Waals surface area contributed by atoms with Crippen LogP contribution in [0.4, 0.5) is 8.78 Å². The lowest BCUT2D eigenvalue weighted by atomic mass is 9.76. The molecule has 2 rings (SSSR count). The second kappa shape index (κ2) is 5.79.